The molecule has 1 fully saturated rings. The van der Waals surface area contributed by atoms with E-state index in [0.29, 0.717) is 0 Å². The van der Waals surface area contributed by atoms with Crippen molar-refractivity contribution in [2.45, 2.75) is 13.3 Å². The maximum Gasteiger partial charge on any atom is 0.225 e. The van der Waals surface area contributed by atoms with Gasteiger partial charge in [0.05, 0.1) is 4.47 Å². The summed E-state index contributed by atoms with van der Waals surface area (Å²) in [5.41, 5.74) is 0. The zero-order chi connectivity index (χ0) is 10.1. The minimum atomic E-state index is 0.812. The van der Waals surface area contributed by atoms with Crippen molar-refractivity contribution in [1.29, 1.82) is 0 Å². The molecule has 4 heteroatoms. The molecule has 0 bridgehead atoms. The molecule has 0 amide bonds. The van der Waals surface area contributed by atoms with Crippen LogP contribution in [-0.2, 0) is 0 Å². The van der Waals surface area contributed by atoms with Crippen LogP contribution in [-0.4, -0.2) is 23.6 Å². The predicted molar refractivity (Wildman–Crippen MR) is 60.3 cm³/mol. The molecule has 76 valence electrons. The van der Waals surface area contributed by atoms with E-state index in [2.05, 4.69) is 37.7 Å². The predicted octanol–water partition coefficient (Wildman–Crippen LogP) is 2.33. The lowest BCUT2D eigenvalue weighted by molar-refractivity contribution is 0.711. The quantitative estimate of drug-likeness (QED) is 0.831. The van der Waals surface area contributed by atoms with Crippen LogP contribution in [0, 0.1) is 11.8 Å². The summed E-state index contributed by atoms with van der Waals surface area (Å²) in [7, 11) is 2.05. The fourth-order valence-corrected chi connectivity index (χ4v) is 1.79. The van der Waals surface area contributed by atoms with Gasteiger partial charge in [-0.25, -0.2) is 9.97 Å². The van der Waals surface area contributed by atoms with Gasteiger partial charge in [0, 0.05) is 26.0 Å². The van der Waals surface area contributed by atoms with Crippen molar-refractivity contribution in [3.63, 3.8) is 0 Å². The van der Waals surface area contributed by atoms with Gasteiger partial charge in [-0.3, -0.25) is 0 Å². The molecule has 2 unspecified atom stereocenters. The van der Waals surface area contributed by atoms with Crippen LogP contribution < -0.4 is 4.90 Å². The molecule has 0 N–H and O–H groups in total. The second-order valence-electron chi connectivity index (χ2n) is 4.05. The number of aromatic nitrogens is 2. The minimum absolute atomic E-state index is 0.812. The Labute approximate surface area is 92.7 Å². The van der Waals surface area contributed by atoms with Gasteiger partial charge in [-0.15, -0.1) is 0 Å². The van der Waals surface area contributed by atoms with Gasteiger partial charge in [0.1, 0.15) is 0 Å². The Morgan fingerprint density at radius 2 is 2.07 bits per heavy atom. The SMILES string of the molecule is CC1CC1CN(C)c1ncc(Br)cn1. The number of rotatable bonds is 3. The van der Waals surface area contributed by atoms with Crippen LogP contribution in [0.25, 0.3) is 0 Å². The Morgan fingerprint density at radius 3 is 2.57 bits per heavy atom. The van der Waals surface area contributed by atoms with Crippen molar-refractivity contribution >= 4 is 21.9 Å². The summed E-state index contributed by atoms with van der Waals surface area (Å²) in [6.07, 6.45) is 4.92. The molecule has 0 saturated heterocycles. The molecular formula is C10H14BrN3. The lowest BCUT2D eigenvalue weighted by Crippen LogP contribution is -2.22. The summed E-state index contributed by atoms with van der Waals surface area (Å²) in [6, 6.07) is 0. The second-order valence-corrected chi connectivity index (χ2v) is 4.97. The van der Waals surface area contributed by atoms with E-state index in [4.69, 9.17) is 0 Å². The van der Waals surface area contributed by atoms with Gasteiger partial charge >= 0.3 is 0 Å². The summed E-state index contributed by atoms with van der Waals surface area (Å²) in [5.74, 6) is 2.53. The first-order valence-electron chi connectivity index (χ1n) is 4.85. The molecule has 3 nitrogen and oxygen atoms in total. The number of nitrogens with zero attached hydrogens (tertiary/aromatic N) is 3. The molecule has 0 spiro atoms. The smallest absolute Gasteiger partial charge is 0.225 e. The average Bonchev–Trinajstić information content (AvgIpc) is 2.82. The zero-order valence-corrected chi connectivity index (χ0v) is 10.0. The Hall–Kier alpha value is -0.640. The molecule has 1 heterocycles. The summed E-state index contributed by atoms with van der Waals surface area (Å²) >= 11 is 3.32. The molecule has 1 aromatic rings. The maximum atomic E-state index is 4.25. The Kier molecular flexibility index (Phi) is 2.72. The highest BCUT2D eigenvalue weighted by molar-refractivity contribution is 9.10. The molecule has 1 aromatic heterocycles. The van der Waals surface area contributed by atoms with E-state index in [-0.39, 0.29) is 0 Å². The van der Waals surface area contributed by atoms with Gasteiger partial charge in [-0.05, 0) is 34.2 Å². The number of halogens is 1. The van der Waals surface area contributed by atoms with E-state index < -0.39 is 0 Å². The minimum Gasteiger partial charge on any atom is -0.344 e. The van der Waals surface area contributed by atoms with E-state index in [1.165, 1.54) is 6.42 Å². The fourth-order valence-electron chi connectivity index (χ4n) is 1.59. The molecule has 0 aromatic carbocycles. The van der Waals surface area contributed by atoms with Crippen molar-refractivity contribution in [2.75, 3.05) is 18.5 Å². The number of hydrogen-bond donors (Lipinski definition) is 0. The fraction of sp³-hybridized carbons (Fsp3) is 0.600. The first kappa shape index (κ1) is 9.90. The van der Waals surface area contributed by atoms with E-state index in [1.54, 1.807) is 12.4 Å². The van der Waals surface area contributed by atoms with Crippen molar-refractivity contribution in [2.24, 2.45) is 11.8 Å². The van der Waals surface area contributed by atoms with Crippen LogP contribution in [0.5, 0.6) is 0 Å². The van der Waals surface area contributed by atoms with E-state index in [1.807, 2.05) is 7.05 Å². The zero-order valence-electron chi connectivity index (χ0n) is 8.44. The highest BCUT2D eigenvalue weighted by Crippen LogP contribution is 2.38. The Bertz CT molecular complexity index is 312. The van der Waals surface area contributed by atoms with Gasteiger partial charge in [0.15, 0.2) is 0 Å². The Morgan fingerprint density at radius 1 is 1.50 bits per heavy atom. The van der Waals surface area contributed by atoms with E-state index >= 15 is 0 Å². The Balaban J connectivity index is 1.96. The van der Waals surface area contributed by atoms with Crippen LogP contribution in [0.1, 0.15) is 13.3 Å². The standard InChI is InChI=1S/C10H14BrN3/c1-7-3-8(7)6-14(2)10-12-4-9(11)5-13-10/h4-5,7-8H,3,6H2,1-2H3. The lowest BCUT2D eigenvalue weighted by atomic mass is 10.3. The van der Waals surface area contributed by atoms with Gasteiger partial charge < -0.3 is 4.90 Å². The van der Waals surface area contributed by atoms with E-state index in [0.717, 1.165) is 28.8 Å². The van der Waals surface area contributed by atoms with Gasteiger partial charge in [-0.2, -0.15) is 0 Å². The first-order chi connectivity index (χ1) is 6.66. The van der Waals surface area contributed by atoms with Crippen LogP contribution in [0.3, 0.4) is 0 Å². The topological polar surface area (TPSA) is 29.0 Å². The highest BCUT2D eigenvalue weighted by atomic mass is 79.9. The number of anilines is 1. The third-order valence-electron chi connectivity index (χ3n) is 2.73. The first-order valence-corrected chi connectivity index (χ1v) is 5.65. The second kappa shape index (κ2) is 3.85. The monoisotopic (exact) mass is 255 g/mol. The molecule has 0 aliphatic heterocycles. The van der Waals surface area contributed by atoms with Crippen LogP contribution in [0.2, 0.25) is 0 Å². The van der Waals surface area contributed by atoms with Gasteiger partial charge in [-0.1, -0.05) is 6.92 Å². The molecule has 0 radical (unpaired) electrons. The molecule has 2 rings (SSSR count). The summed E-state index contributed by atoms with van der Waals surface area (Å²) in [5, 5.41) is 0. The summed E-state index contributed by atoms with van der Waals surface area (Å²) < 4.78 is 0.925. The molecular weight excluding hydrogens is 242 g/mol. The average molecular weight is 256 g/mol. The third-order valence-corrected chi connectivity index (χ3v) is 3.14. The molecule has 1 aliphatic rings. The third kappa shape index (κ3) is 2.23. The maximum absolute atomic E-state index is 4.25. The van der Waals surface area contributed by atoms with Crippen molar-refractivity contribution in [1.82, 2.24) is 9.97 Å². The van der Waals surface area contributed by atoms with E-state index in [9.17, 15) is 0 Å². The molecule has 1 aliphatic carbocycles. The van der Waals surface area contributed by atoms with Crippen LogP contribution >= 0.6 is 15.9 Å². The highest BCUT2D eigenvalue weighted by Gasteiger charge is 2.33. The normalized spacial score (nSPS) is 24.8. The van der Waals surface area contributed by atoms with Gasteiger partial charge in [0.25, 0.3) is 0 Å². The molecule has 14 heavy (non-hydrogen) atoms. The summed E-state index contributed by atoms with van der Waals surface area (Å²) in [4.78, 5) is 10.6. The molecule has 2 atom stereocenters. The molecule has 1 saturated carbocycles. The lowest BCUT2D eigenvalue weighted by Gasteiger charge is -2.16. The van der Waals surface area contributed by atoms with Crippen LogP contribution in [0.4, 0.5) is 5.95 Å². The van der Waals surface area contributed by atoms with Crippen LogP contribution in [0.15, 0.2) is 16.9 Å². The van der Waals surface area contributed by atoms with Crippen molar-refractivity contribution in [3.8, 4) is 0 Å². The number of hydrogen-bond acceptors (Lipinski definition) is 3. The largest absolute Gasteiger partial charge is 0.344 e. The van der Waals surface area contributed by atoms with Crippen molar-refractivity contribution < 1.29 is 0 Å². The summed E-state index contributed by atoms with van der Waals surface area (Å²) in [6.45, 7) is 3.36. The van der Waals surface area contributed by atoms with Gasteiger partial charge in [0.2, 0.25) is 5.95 Å². The van der Waals surface area contributed by atoms with Crippen molar-refractivity contribution in [3.05, 3.63) is 16.9 Å².